The SMILES string of the molecule is CCCCC(CC)COc1cc(O)c(-c2nc(OC3CCCC3)nc(-c3c4ccccc4cc4ccccc34)n2)c(O)c1. The van der Waals surface area contributed by atoms with Gasteiger partial charge in [0.25, 0.3) is 0 Å². The molecule has 1 fully saturated rings. The fourth-order valence-electron chi connectivity index (χ4n) is 6.05. The molecule has 5 aromatic rings. The molecule has 7 nitrogen and oxygen atoms in total. The van der Waals surface area contributed by atoms with E-state index >= 15 is 0 Å². The van der Waals surface area contributed by atoms with E-state index in [1.165, 1.54) is 12.1 Å². The molecule has 0 saturated heterocycles. The van der Waals surface area contributed by atoms with Crippen molar-refractivity contribution in [2.45, 2.75) is 71.3 Å². The number of ether oxygens (including phenoxy) is 2. The highest BCUT2D eigenvalue weighted by Gasteiger charge is 2.24. The number of aromatic hydroxyl groups is 2. The van der Waals surface area contributed by atoms with Gasteiger partial charge in [0, 0.05) is 17.7 Å². The zero-order valence-electron chi connectivity index (χ0n) is 24.9. The summed E-state index contributed by atoms with van der Waals surface area (Å²) in [5, 5.41) is 26.5. The molecule has 0 radical (unpaired) electrons. The molecule has 1 aromatic heterocycles. The van der Waals surface area contributed by atoms with Crippen LogP contribution >= 0.6 is 0 Å². The Labute approximate surface area is 252 Å². The lowest BCUT2D eigenvalue weighted by molar-refractivity contribution is 0.192. The molecule has 1 heterocycles. The third-order valence-electron chi connectivity index (χ3n) is 8.51. The molecule has 2 N–H and O–H groups in total. The Kier molecular flexibility index (Phi) is 8.59. The molecule has 1 aliphatic carbocycles. The first-order chi connectivity index (χ1) is 21.0. The molecule has 222 valence electrons. The van der Waals surface area contributed by atoms with Gasteiger partial charge in [0.15, 0.2) is 11.6 Å². The number of unbranched alkanes of at least 4 members (excludes halogenated alkanes) is 1. The topological polar surface area (TPSA) is 97.6 Å². The van der Waals surface area contributed by atoms with Crippen molar-refractivity contribution >= 4 is 21.5 Å². The van der Waals surface area contributed by atoms with Crippen LogP contribution in [0.1, 0.15) is 65.2 Å². The van der Waals surface area contributed by atoms with Gasteiger partial charge in [-0.15, -0.1) is 0 Å². The van der Waals surface area contributed by atoms with Crippen molar-refractivity contribution in [1.29, 1.82) is 0 Å². The van der Waals surface area contributed by atoms with Crippen LogP contribution in [0.2, 0.25) is 0 Å². The molecule has 6 rings (SSSR count). The monoisotopic (exact) mass is 577 g/mol. The zero-order valence-corrected chi connectivity index (χ0v) is 24.9. The maximum absolute atomic E-state index is 11.2. The van der Waals surface area contributed by atoms with E-state index < -0.39 is 0 Å². The number of aromatic nitrogens is 3. The fourth-order valence-corrected chi connectivity index (χ4v) is 6.05. The summed E-state index contributed by atoms with van der Waals surface area (Å²) in [6.07, 6.45) is 8.48. The predicted octanol–water partition coefficient (Wildman–Crippen LogP) is 8.84. The molecule has 1 saturated carbocycles. The summed E-state index contributed by atoms with van der Waals surface area (Å²) in [7, 11) is 0. The Morgan fingerprint density at radius 2 is 1.40 bits per heavy atom. The lowest BCUT2D eigenvalue weighted by Crippen LogP contribution is -2.14. The third-order valence-corrected chi connectivity index (χ3v) is 8.51. The number of phenolic OH excluding ortho intramolecular Hbond substituents is 2. The largest absolute Gasteiger partial charge is 0.507 e. The van der Waals surface area contributed by atoms with E-state index in [0.717, 1.165) is 78.5 Å². The molecule has 4 aromatic carbocycles. The lowest BCUT2D eigenvalue weighted by Gasteiger charge is -2.17. The van der Waals surface area contributed by atoms with Crippen molar-refractivity contribution in [1.82, 2.24) is 15.0 Å². The average Bonchev–Trinajstić information content (AvgIpc) is 3.52. The number of nitrogens with zero attached hydrogens (tertiary/aromatic N) is 3. The second kappa shape index (κ2) is 12.9. The summed E-state index contributed by atoms with van der Waals surface area (Å²) >= 11 is 0. The minimum absolute atomic E-state index is 0.0181. The van der Waals surface area contributed by atoms with Gasteiger partial charge in [0.2, 0.25) is 0 Å². The van der Waals surface area contributed by atoms with Crippen LogP contribution in [0, 0.1) is 5.92 Å². The summed E-state index contributed by atoms with van der Waals surface area (Å²) < 4.78 is 12.3. The number of phenols is 2. The predicted molar refractivity (Wildman–Crippen MR) is 171 cm³/mol. The average molecular weight is 578 g/mol. The van der Waals surface area contributed by atoms with Gasteiger partial charge in [-0.1, -0.05) is 81.6 Å². The fraction of sp³-hybridized carbons (Fsp3) is 0.361. The summed E-state index contributed by atoms with van der Waals surface area (Å²) in [5.41, 5.74) is 0.972. The summed E-state index contributed by atoms with van der Waals surface area (Å²) in [6.45, 7) is 4.87. The van der Waals surface area contributed by atoms with Gasteiger partial charge in [0.05, 0.1) is 6.61 Å². The molecular weight excluding hydrogens is 538 g/mol. The Balaban J connectivity index is 1.45. The Morgan fingerprint density at radius 3 is 2.00 bits per heavy atom. The zero-order chi connectivity index (χ0) is 29.8. The van der Waals surface area contributed by atoms with Crippen molar-refractivity contribution in [3.05, 3.63) is 66.7 Å². The molecule has 1 atom stereocenters. The molecule has 0 spiro atoms. The van der Waals surface area contributed by atoms with E-state index in [2.05, 4.69) is 49.2 Å². The quantitative estimate of drug-likeness (QED) is 0.151. The van der Waals surface area contributed by atoms with Crippen molar-refractivity contribution in [2.24, 2.45) is 5.92 Å². The Hall–Kier alpha value is -4.39. The molecule has 1 unspecified atom stereocenters. The van der Waals surface area contributed by atoms with Crippen molar-refractivity contribution in [2.75, 3.05) is 6.61 Å². The first kappa shape index (κ1) is 28.7. The van der Waals surface area contributed by atoms with Crippen LogP contribution in [-0.4, -0.2) is 37.9 Å². The molecule has 1 aliphatic rings. The summed E-state index contributed by atoms with van der Waals surface area (Å²) in [5.74, 6) is 1.07. The van der Waals surface area contributed by atoms with Crippen LogP contribution in [0.25, 0.3) is 44.3 Å². The van der Waals surface area contributed by atoms with Crippen LogP contribution in [0.15, 0.2) is 66.7 Å². The van der Waals surface area contributed by atoms with Gasteiger partial charge in [-0.2, -0.15) is 9.97 Å². The lowest BCUT2D eigenvalue weighted by atomic mass is 9.96. The molecule has 7 heteroatoms. The van der Waals surface area contributed by atoms with Gasteiger partial charge >= 0.3 is 6.01 Å². The number of hydrogen-bond donors (Lipinski definition) is 2. The van der Waals surface area contributed by atoms with Gasteiger partial charge < -0.3 is 19.7 Å². The van der Waals surface area contributed by atoms with Crippen molar-refractivity contribution < 1.29 is 19.7 Å². The number of benzene rings is 4. The van der Waals surface area contributed by atoms with Crippen molar-refractivity contribution in [3.8, 4) is 46.0 Å². The summed E-state index contributed by atoms with van der Waals surface area (Å²) in [4.78, 5) is 14.3. The second-order valence-corrected chi connectivity index (χ2v) is 11.5. The minimum Gasteiger partial charge on any atom is -0.507 e. The van der Waals surface area contributed by atoms with Crippen LogP contribution in [0.5, 0.6) is 23.3 Å². The van der Waals surface area contributed by atoms with Crippen molar-refractivity contribution in [3.63, 3.8) is 0 Å². The highest BCUT2D eigenvalue weighted by Crippen LogP contribution is 2.42. The van der Waals surface area contributed by atoms with Crippen LogP contribution in [-0.2, 0) is 0 Å². The van der Waals surface area contributed by atoms with E-state index in [0.29, 0.717) is 24.1 Å². The van der Waals surface area contributed by atoms with Gasteiger partial charge in [-0.05, 0) is 65.6 Å². The Morgan fingerprint density at radius 1 is 0.791 bits per heavy atom. The summed E-state index contributed by atoms with van der Waals surface area (Å²) in [6, 6.07) is 21.7. The first-order valence-electron chi connectivity index (χ1n) is 15.6. The van der Waals surface area contributed by atoms with Crippen LogP contribution in [0.3, 0.4) is 0 Å². The molecule has 0 amide bonds. The normalized spacial score (nSPS) is 14.4. The van der Waals surface area contributed by atoms with Gasteiger partial charge in [-0.3, -0.25) is 0 Å². The van der Waals surface area contributed by atoms with Gasteiger partial charge in [0.1, 0.15) is 28.9 Å². The molecule has 0 aliphatic heterocycles. The minimum atomic E-state index is -0.164. The van der Waals surface area contributed by atoms with E-state index in [1.807, 2.05) is 24.3 Å². The second-order valence-electron chi connectivity index (χ2n) is 11.5. The van der Waals surface area contributed by atoms with E-state index in [4.69, 9.17) is 19.4 Å². The third kappa shape index (κ3) is 6.21. The van der Waals surface area contributed by atoms with E-state index in [1.54, 1.807) is 0 Å². The first-order valence-corrected chi connectivity index (χ1v) is 15.6. The smallest absolute Gasteiger partial charge is 0.320 e. The molecule has 0 bridgehead atoms. The number of hydrogen-bond acceptors (Lipinski definition) is 7. The highest BCUT2D eigenvalue weighted by molar-refractivity contribution is 6.11. The Bertz CT molecular complexity index is 1650. The highest BCUT2D eigenvalue weighted by atomic mass is 16.5. The van der Waals surface area contributed by atoms with Gasteiger partial charge in [-0.25, -0.2) is 4.98 Å². The van der Waals surface area contributed by atoms with E-state index in [-0.39, 0.29) is 35.0 Å². The maximum atomic E-state index is 11.2. The molecular formula is C36H39N3O4. The van der Waals surface area contributed by atoms with E-state index in [9.17, 15) is 10.2 Å². The van der Waals surface area contributed by atoms with Crippen LogP contribution in [0.4, 0.5) is 0 Å². The number of fused-ring (bicyclic) bond motifs is 2. The van der Waals surface area contributed by atoms with Crippen LogP contribution < -0.4 is 9.47 Å². The standard InChI is InChI=1S/C36H39N3O4/c1-3-5-12-23(4-2)22-42-27-20-30(40)33(31(41)21-27)35-37-34(38-36(39-35)43-26-15-8-9-16-26)32-28-17-10-6-13-24(28)19-25-14-7-11-18-29(25)32/h6-7,10-11,13-14,17-21,23,26,40-41H,3-5,8-9,12,15-16,22H2,1-2H3. The molecule has 43 heavy (non-hydrogen) atoms. The number of rotatable bonds is 11. The maximum Gasteiger partial charge on any atom is 0.320 e.